The van der Waals surface area contributed by atoms with Crippen LogP contribution in [0.25, 0.3) is 0 Å². The highest BCUT2D eigenvalue weighted by Gasteiger charge is 2.39. The minimum absolute atomic E-state index is 0.281. The predicted molar refractivity (Wildman–Crippen MR) is 65.7 cm³/mol. The van der Waals surface area contributed by atoms with Crippen LogP contribution in [0.15, 0.2) is 24.3 Å². The molecule has 0 saturated heterocycles. The Hall–Kier alpha value is -0.860. The van der Waals surface area contributed by atoms with Gasteiger partial charge in [-0.3, -0.25) is 4.79 Å². The maximum absolute atomic E-state index is 12.2. The summed E-state index contributed by atoms with van der Waals surface area (Å²) in [6.07, 6.45) is 3.61. The number of carbonyl (C=O) groups excluding carboxylic acids is 1. The van der Waals surface area contributed by atoms with Crippen molar-refractivity contribution in [2.24, 2.45) is 0 Å². The number of Topliss-reactive ketones (excluding diaryl/α,β-unsaturated/α-hetero) is 1. The van der Waals surface area contributed by atoms with Crippen molar-refractivity contribution < 1.29 is 4.79 Å². The number of nitrogens with one attached hydrogen (secondary N) is 1. The van der Waals surface area contributed by atoms with Gasteiger partial charge in [0, 0.05) is 11.4 Å². The molecule has 3 heteroatoms. The van der Waals surface area contributed by atoms with Gasteiger partial charge in [0.25, 0.3) is 0 Å². The van der Waals surface area contributed by atoms with E-state index in [4.69, 9.17) is 11.6 Å². The second-order valence-electron chi connectivity index (χ2n) is 4.30. The molecule has 86 valence electrons. The molecule has 1 saturated carbocycles. The van der Waals surface area contributed by atoms with Crippen molar-refractivity contribution in [1.29, 1.82) is 0 Å². The average Bonchev–Trinajstić information content (AvgIpc) is 2.30. The van der Waals surface area contributed by atoms with Crippen molar-refractivity contribution in [2.75, 3.05) is 7.05 Å². The van der Waals surface area contributed by atoms with Gasteiger partial charge in [0.2, 0.25) is 0 Å². The van der Waals surface area contributed by atoms with Crippen molar-refractivity contribution in [3.05, 3.63) is 34.9 Å². The van der Waals surface area contributed by atoms with E-state index in [-0.39, 0.29) is 5.78 Å². The zero-order chi connectivity index (χ0) is 11.6. The third-order valence-corrected chi connectivity index (χ3v) is 3.66. The Labute approximate surface area is 101 Å². The van der Waals surface area contributed by atoms with Gasteiger partial charge < -0.3 is 5.32 Å². The van der Waals surface area contributed by atoms with Crippen LogP contribution in [0.4, 0.5) is 0 Å². The lowest BCUT2D eigenvalue weighted by atomic mass is 9.75. The van der Waals surface area contributed by atoms with Gasteiger partial charge in [-0.1, -0.05) is 30.2 Å². The molecule has 0 amide bonds. The summed E-state index contributed by atoms with van der Waals surface area (Å²) in [4.78, 5) is 12.2. The van der Waals surface area contributed by atoms with Gasteiger partial charge in [-0.15, -0.1) is 0 Å². The first-order valence-electron chi connectivity index (χ1n) is 5.67. The summed E-state index contributed by atoms with van der Waals surface area (Å²) in [6.45, 7) is 0. The molecule has 0 heterocycles. The fourth-order valence-electron chi connectivity index (χ4n) is 2.50. The topological polar surface area (TPSA) is 29.1 Å². The molecule has 1 aromatic carbocycles. The fraction of sp³-hybridized carbons (Fsp3) is 0.462. The second-order valence-corrected chi connectivity index (χ2v) is 4.73. The number of carbonyl (C=O) groups is 1. The number of ketones is 1. The van der Waals surface area contributed by atoms with Crippen molar-refractivity contribution in [1.82, 2.24) is 5.32 Å². The lowest BCUT2D eigenvalue weighted by Gasteiger charge is -2.36. The predicted octanol–water partition coefficient (Wildman–Crippen LogP) is 2.90. The van der Waals surface area contributed by atoms with Crippen LogP contribution in [-0.2, 0) is 10.3 Å². The van der Waals surface area contributed by atoms with E-state index >= 15 is 0 Å². The van der Waals surface area contributed by atoms with Crippen LogP contribution in [0.2, 0.25) is 5.02 Å². The summed E-state index contributed by atoms with van der Waals surface area (Å²) in [5.74, 6) is 0.281. The van der Waals surface area contributed by atoms with Gasteiger partial charge in [0.15, 0.2) is 5.78 Å². The minimum atomic E-state index is -0.511. The van der Waals surface area contributed by atoms with Gasteiger partial charge >= 0.3 is 0 Å². The van der Waals surface area contributed by atoms with E-state index in [1.165, 1.54) is 0 Å². The molecule has 16 heavy (non-hydrogen) atoms. The largest absolute Gasteiger partial charge is 0.304 e. The molecule has 1 aliphatic carbocycles. The van der Waals surface area contributed by atoms with Gasteiger partial charge in [0.05, 0.1) is 0 Å². The molecule has 1 atom stereocenters. The van der Waals surface area contributed by atoms with Crippen LogP contribution in [-0.4, -0.2) is 12.8 Å². The molecule has 1 fully saturated rings. The highest BCUT2D eigenvalue weighted by atomic mass is 35.5. The number of hydrogen-bond donors (Lipinski definition) is 1. The fourth-order valence-corrected chi connectivity index (χ4v) is 2.69. The number of halogens is 1. The summed E-state index contributed by atoms with van der Waals surface area (Å²) in [6, 6.07) is 7.60. The van der Waals surface area contributed by atoms with E-state index in [2.05, 4.69) is 5.32 Å². The Bertz CT molecular complexity index is 405. The molecule has 0 radical (unpaired) electrons. The lowest BCUT2D eigenvalue weighted by Crippen LogP contribution is -2.49. The van der Waals surface area contributed by atoms with Crippen molar-refractivity contribution >= 4 is 17.4 Å². The average molecular weight is 238 g/mol. The summed E-state index contributed by atoms with van der Waals surface area (Å²) in [7, 11) is 1.85. The first-order chi connectivity index (χ1) is 7.69. The SMILES string of the molecule is CNC1(c2cccc(Cl)c2)CCCCC1=O. The Morgan fingerprint density at radius 1 is 1.38 bits per heavy atom. The lowest BCUT2D eigenvalue weighted by molar-refractivity contribution is -0.127. The standard InChI is InChI=1S/C13H16ClNO/c1-15-13(8-3-2-7-12(13)16)10-5-4-6-11(14)9-10/h4-6,9,15H,2-3,7-8H2,1H3. The molecule has 0 bridgehead atoms. The quantitative estimate of drug-likeness (QED) is 0.857. The van der Waals surface area contributed by atoms with E-state index in [0.29, 0.717) is 11.4 Å². The van der Waals surface area contributed by atoms with E-state index in [0.717, 1.165) is 24.8 Å². The molecular weight excluding hydrogens is 222 g/mol. The molecule has 0 spiro atoms. The second kappa shape index (κ2) is 4.56. The minimum Gasteiger partial charge on any atom is -0.304 e. The Morgan fingerprint density at radius 2 is 2.19 bits per heavy atom. The number of rotatable bonds is 2. The molecule has 2 nitrogen and oxygen atoms in total. The molecule has 2 rings (SSSR count). The van der Waals surface area contributed by atoms with E-state index in [1.54, 1.807) is 0 Å². The molecular formula is C13H16ClNO. The van der Waals surface area contributed by atoms with E-state index in [9.17, 15) is 4.79 Å². The molecule has 0 aromatic heterocycles. The van der Waals surface area contributed by atoms with Gasteiger partial charge in [0.1, 0.15) is 5.54 Å². The van der Waals surface area contributed by atoms with Crippen LogP contribution >= 0.6 is 11.6 Å². The maximum Gasteiger partial charge on any atom is 0.157 e. The molecule has 1 aliphatic rings. The molecule has 0 aliphatic heterocycles. The Morgan fingerprint density at radius 3 is 2.81 bits per heavy atom. The van der Waals surface area contributed by atoms with Crippen molar-refractivity contribution in [2.45, 2.75) is 31.2 Å². The van der Waals surface area contributed by atoms with E-state index < -0.39 is 5.54 Å². The van der Waals surface area contributed by atoms with Crippen LogP contribution in [0.3, 0.4) is 0 Å². The third-order valence-electron chi connectivity index (χ3n) is 3.43. The van der Waals surface area contributed by atoms with Gasteiger partial charge in [-0.05, 0) is 37.6 Å². The first kappa shape index (κ1) is 11.6. The summed E-state index contributed by atoms with van der Waals surface area (Å²) in [5.41, 5.74) is 0.482. The first-order valence-corrected chi connectivity index (χ1v) is 6.05. The highest BCUT2D eigenvalue weighted by Crippen LogP contribution is 2.34. The van der Waals surface area contributed by atoms with Crippen LogP contribution < -0.4 is 5.32 Å². The smallest absolute Gasteiger partial charge is 0.157 e. The summed E-state index contributed by atoms with van der Waals surface area (Å²) < 4.78 is 0. The molecule has 1 aromatic rings. The number of hydrogen-bond acceptors (Lipinski definition) is 2. The van der Waals surface area contributed by atoms with Crippen LogP contribution in [0.1, 0.15) is 31.2 Å². The van der Waals surface area contributed by atoms with Gasteiger partial charge in [-0.2, -0.15) is 0 Å². The van der Waals surface area contributed by atoms with Crippen LogP contribution in [0.5, 0.6) is 0 Å². The Kier molecular flexibility index (Phi) is 3.31. The zero-order valence-electron chi connectivity index (χ0n) is 9.42. The van der Waals surface area contributed by atoms with Gasteiger partial charge in [-0.25, -0.2) is 0 Å². The monoisotopic (exact) mass is 237 g/mol. The summed E-state index contributed by atoms with van der Waals surface area (Å²) >= 11 is 5.99. The third kappa shape index (κ3) is 1.87. The number of likely N-dealkylation sites (N-methyl/N-ethyl adjacent to an activating group) is 1. The Balaban J connectivity index is 2.44. The van der Waals surface area contributed by atoms with Crippen LogP contribution in [0, 0.1) is 0 Å². The molecule has 1 N–H and O–H groups in total. The highest BCUT2D eigenvalue weighted by molar-refractivity contribution is 6.30. The number of benzene rings is 1. The summed E-state index contributed by atoms with van der Waals surface area (Å²) in [5, 5.41) is 3.89. The van der Waals surface area contributed by atoms with E-state index in [1.807, 2.05) is 31.3 Å². The normalized spacial score (nSPS) is 25.8. The molecule has 1 unspecified atom stereocenters. The van der Waals surface area contributed by atoms with Crippen molar-refractivity contribution in [3.63, 3.8) is 0 Å². The van der Waals surface area contributed by atoms with Crippen molar-refractivity contribution in [3.8, 4) is 0 Å². The zero-order valence-corrected chi connectivity index (χ0v) is 10.2. The maximum atomic E-state index is 12.2.